The van der Waals surface area contributed by atoms with Gasteiger partial charge in [-0.2, -0.15) is 16.1 Å². The lowest BCUT2D eigenvalue weighted by molar-refractivity contribution is 0.0922. The van der Waals surface area contributed by atoms with Gasteiger partial charge in [0.2, 0.25) is 20.0 Å². The number of amides is 1. The van der Waals surface area contributed by atoms with E-state index < -0.39 is 26.0 Å². The van der Waals surface area contributed by atoms with Crippen LogP contribution in [-0.2, 0) is 20.0 Å². The summed E-state index contributed by atoms with van der Waals surface area (Å²) < 4.78 is 52.1. The standard InChI is InChI=1S/C15H23N3O5S4/c1-26(20,21)18-5-2-3-12(11-18)16-15(19)14-13(4-8-25-14)27(22,23)17-6-9-24-10-7-17/h4,8,12H,2-3,5-7,9-11H2,1H3,(H,16,19). The summed E-state index contributed by atoms with van der Waals surface area (Å²) in [7, 11) is -7.02. The fourth-order valence-corrected chi connectivity index (χ4v) is 8.00. The summed E-state index contributed by atoms with van der Waals surface area (Å²) in [5.41, 5.74) is 0. The Morgan fingerprint density at radius 2 is 1.85 bits per heavy atom. The van der Waals surface area contributed by atoms with Gasteiger partial charge in [0, 0.05) is 43.7 Å². The highest BCUT2D eigenvalue weighted by Crippen LogP contribution is 2.27. The number of carbonyl (C=O) groups excluding carboxylic acids is 1. The number of thiophene rings is 1. The second-order valence-corrected chi connectivity index (χ2v) is 12.6. The van der Waals surface area contributed by atoms with Crippen LogP contribution in [0.15, 0.2) is 16.3 Å². The number of thioether (sulfide) groups is 1. The van der Waals surface area contributed by atoms with Crippen molar-refractivity contribution in [1.82, 2.24) is 13.9 Å². The Hall–Kier alpha value is -0.660. The second-order valence-electron chi connectivity index (χ2n) is 6.56. The van der Waals surface area contributed by atoms with E-state index in [1.54, 1.807) is 17.1 Å². The maximum absolute atomic E-state index is 12.9. The molecule has 1 unspecified atom stereocenters. The van der Waals surface area contributed by atoms with Crippen LogP contribution in [-0.4, -0.2) is 81.3 Å². The molecule has 0 aliphatic carbocycles. The lowest BCUT2D eigenvalue weighted by atomic mass is 10.1. The third-order valence-electron chi connectivity index (χ3n) is 4.61. The first-order valence-corrected chi connectivity index (χ1v) is 13.9. The Labute approximate surface area is 168 Å². The van der Waals surface area contributed by atoms with Crippen molar-refractivity contribution >= 4 is 49.1 Å². The van der Waals surface area contributed by atoms with Crippen LogP contribution in [0.25, 0.3) is 0 Å². The third-order valence-corrected chi connectivity index (χ3v) is 9.81. The molecule has 0 saturated carbocycles. The molecule has 2 aliphatic rings. The molecule has 1 atom stereocenters. The molecule has 2 aliphatic heterocycles. The van der Waals surface area contributed by atoms with Crippen LogP contribution in [0.3, 0.4) is 0 Å². The fraction of sp³-hybridized carbons (Fsp3) is 0.667. The maximum Gasteiger partial charge on any atom is 0.263 e. The van der Waals surface area contributed by atoms with Gasteiger partial charge in [0.15, 0.2) is 0 Å². The molecule has 1 amide bonds. The number of piperidine rings is 1. The molecular formula is C15H23N3O5S4. The van der Waals surface area contributed by atoms with Crippen molar-refractivity contribution in [2.24, 2.45) is 0 Å². The lowest BCUT2D eigenvalue weighted by Gasteiger charge is -2.31. The van der Waals surface area contributed by atoms with Crippen LogP contribution in [0, 0.1) is 0 Å². The van der Waals surface area contributed by atoms with E-state index in [0.717, 1.165) is 29.1 Å². The summed E-state index contributed by atoms with van der Waals surface area (Å²) in [6, 6.07) is 1.14. The molecule has 0 spiro atoms. The highest BCUT2D eigenvalue weighted by atomic mass is 32.2. The van der Waals surface area contributed by atoms with Crippen LogP contribution in [0.1, 0.15) is 22.5 Å². The van der Waals surface area contributed by atoms with E-state index in [1.807, 2.05) is 0 Å². The summed E-state index contributed by atoms with van der Waals surface area (Å²) >= 11 is 2.80. The highest BCUT2D eigenvalue weighted by Gasteiger charge is 2.33. The van der Waals surface area contributed by atoms with Crippen LogP contribution in [0.4, 0.5) is 0 Å². The zero-order valence-corrected chi connectivity index (χ0v) is 18.2. The number of carbonyl (C=O) groups is 1. The molecule has 27 heavy (non-hydrogen) atoms. The van der Waals surface area contributed by atoms with Crippen molar-refractivity contribution in [3.05, 3.63) is 16.3 Å². The van der Waals surface area contributed by atoms with Crippen LogP contribution in [0.5, 0.6) is 0 Å². The zero-order valence-electron chi connectivity index (χ0n) is 15.0. The number of sulfonamides is 2. The molecule has 1 aromatic heterocycles. The SMILES string of the molecule is CS(=O)(=O)N1CCCC(NC(=O)c2sccc2S(=O)(=O)N2CCSCC2)C1. The first-order valence-electron chi connectivity index (χ1n) is 8.61. The fourth-order valence-electron chi connectivity index (χ4n) is 3.20. The average Bonchev–Trinajstić information content (AvgIpc) is 3.13. The molecule has 152 valence electrons. The highest BCUT2D eigenvalue weighted by molar-refractivity contribution is 7.99. The number of hydrogen-bond donors (Lipinski definition) is 1. The molecule has 2 fully saturated rings. The Balaban J connectivity index is 1.74. The van der Waals surface area contributed by atoms with E-state index in [-0.39, 0.29) is 22.4 Å². The minimum absolute atomic E-state index is 0.0349. The molecule has 12 heteroatoms. The van der Waals surface area contributed by atoms with Crippen molar-refractivity contribution in [1.29, 1.82) is 0 Å². The number of hydrogen-bond acceptors (Lipinski definition) is 7. The number of nitrogens with one attached hydrogen (secondary N) is 1. The molecule has 0 radical (unpaired) electrons. The van der Waals surface area contributed by atoms with Gasteiger partial charge >= 0.3 is 0 Å². The van der Waals surface area contributed by atoms with Gasteiger partial charge in [-0.25, -0.2) is 21.1 Å². The van der Waals surface area contributed by atoms with Gasteiger partial charge in [-0.15, -0.1) is 11.3 Å². The monoisotopic (exact) mass is 453 g/mol. The molecule has 1 N–H and O–H groups in total. The Bertz CT molecular complexity index is 890. The van der Waals surface area contributed by atoms with Gasteiger partial charge in [0.05, 0.1) is 6.26 Å². The number of rotatable bonds is 5. The molecule has 8 nitrogen and oxygen atoms in total. The van der Waals surface area contributed by atoms with Gasteiger partial charge in [-0.3, -0.25) is 4.79 Å². The van der Waals surface area contributed by atoms with Crippen molar-refractivity contribution in [3.8, 4) is 0 Å². The molecule has 1 aromatic rings. The van der Waals surface area contributed by atoms with E-state index in [2.05, 4.69) is 5.32 Å². The smallest absolute Gasteiger partial charge is 0.263 e. The molecule has 3 heterocycles. The normalized spacial score (nSPS) is 23.2. The summed E-state index contributed by atoms with van der Waals surface area (Å²) in [6.45, 7) is 1.53. The van der Waals surface area contributed by atoms with Crippen molar-refractivity contribution in [2.45, 2.75) is 23.8 Å². The van der Waals surface area contributed by atoms with Gasteiger partial charge in [0.25, 0.3) is 5.91 Å². The molecular weight excluding hydrogens is 430 g/mol. The van der Waals surface area contributed by atoms with E-state index >= 15 is 0 Å². The van der Waals surface area contributed by atoms with Crippen LogP contribution < -0.4 is 5.32 Å². The Kier molecular flexibility index (Phi) is 6.53. The first kappa shape index (κ1) is 21.1. The average molecular weight is 454 g/mol. The van der Waals surface area contributed by atoms with Gasteiger partial charge < -0.3 is 5.32 Å². The molecule has 3 rings (SSSR count). The summed E-state index contributed by atoms with van der Waals surface area (Å²) in [6.07, 6.45) is 2.46. The van der Waals surface area contributed by atoms with Gasteiger partial charge in [0.1, 0.15) is 9.77 Å². The van der Waals surface area contributed by atoms with E-state index in [9.17, 15) is 21.6 Å². The van der Waals surface area contributed by atoms with Gasteiger partial charge in [-0.1, -0.05) is 0 Å². The van der Waals surface area contributed by atoms with E-state index in [4.69, 9.17) is 0 Å². The summed E-state index contributed by atoms with van der Waals surface area (Å²) in [5.74, 6) is 1.03. The Morgan fingerprint density at radius 1 is 1.15 bits per heavy atom. The topological polar surface area (TPSA) is 104 Å². The zero-order chi connectivity index (χ0) is 19.7. The summed E-state index contributed by atoms with van der Waals surface area (Å²) in [4.78, 5) is 12.9. The number of nitrogens with zero attached hydrogens (tertiary/aromatic N) is 2. The first-order chi connectivity index (χ1) is 12.7. The van der Waals surface area contributed by atoms with Crippen molar-refractivity contribution < 1.29 is 21.6 Å². The molecule has 2 saturated heterocycles. The predicted octanol–water partition coefficient (Wildman–Crippen LogP) is 0.639. The van der Waals surface area contributed by atoms with Crippen LogP contribution in [0.2, 0.25) is 0 Å². The lowest BCUT2D eigenvalue weighted by Crippen LogP contribution is -2.49. The minimum Gasteiger partial charge on any atom is -0.347 e. The quantitative estimate of drug-likeness (QED) is 0.702. The second kappa shape index (κ2) is 8.37. The van der Waals surface area contributed by atoms with Gasteiger partial charge in [-0.05, 0) is 24.3 Å². The van der Waals surface area contributed by atoms with E-state index in [0.29, 0.717) is 32.5 Å². The molecule has 0 aromatic carbocycles. The van der Waals surface area contributed by atoms with E-state index in [1.165, 1.54) is 14.7 Å². The predicted molar refractivity (Wildman–Crippen MR) is 107 cm³/mol. The minimum atomic E-state index is -3.71. The molecule has 0 bridgehead atoms. The van der Waals surface area contributed by atoms with Crippen molar-refractivity contribution in [2.75, 3.05) is 43.9 Å². The largest absolute Gasteiger partial charge is 0.347 e. The maximum atomic E-state index is 12.9. The van der Waals surface area contributed by atoms with Crippen LogP contribution >= 0.6 is 23.1 Å². The Morgan fingerprint density at radius 3 is 2.52 bits per heavy atom. The third kappa shape index (κ3) is 4.85. The van der Waals surface area contributed by atoms with Crippen molar-refractivity contribution in [3.63, 3.8) is 0 Å². The summed E-state index contributed by atoms with van der Waals surface area (Å²) in [5, 5.41) is 4.42.